The zero-order valence-electron chi connectivity index (χ0n) is 9.39. The van der Waals surface area contributed by atoms with Gasteiger partial charge in [-0.3, -0.25) is 4.79 Å². The van der Waals surface area contributed by atoms with Crippen LogP contribution in [0.2, 0.25) is 0 Å². The number of hydrogen-bond acceptors (Lipinski definition) is 4. The molecule has 2 aliphatic heterocycles. The highest BCUT2D eigenvalue weighted by Gasteiger charge is 2.40. The van der Waals surface area contributed by atoms with Gasteiger partial charge in [-0.05, 0) is 18.2 Å². The molecule has 1 atom stereocenters. The van der Waals surface area contributed by atoms with Crippen LogP contribution in [0, 0.1) is 5.82 Å². The second kappa shape index (κ2) is 3.68. The molecule has 5 nitrogen and oxygen atoms in total. The molecule has 2 heterocycles. The van der Waals surface area contributed by atoms with Gasteiger partial charge in [0.2, 0.25) is 5.91 Å². The van der Waals surface area contributed by atoms with Crippen molar-refractivity contribution in [2.45, 2.75) is 6.04 Å². The van der Waals surface area contributed by atoms with Gasteiger partial charge in [0.05, 0.1) is 22.9 Å². The smallest absolute Gasteiger partial charge is 0.248 e. The van der Waals surface area contributed by atoms with Gasteiger partial charge in [-0.25, -0.2) is 12.8 Å². The fourth-order valence-corrected chi connectivity index (χ4v) is 3.83. The maximum absolute atomic E-state index is 13.2. The van der Waals surface area contributed by atoms with Gasteiger partial charge < -0.3 is 10.2 Å². The largest absolute Gasteiger partial charge is 0.356 e. The van der Waals surface area contributed by atoms with Crippen molar-refractivity contribution in [3.05, 3.63) is 24.0 Å². The Kier molecular flexibility index (Phi) is 2.34. The zero-order chi connectivity index (χ0) is 12.9. The average molecular weight is 270 g/mol. The predicted octanol–water partition coefficient (Wildman–Crippen LogP) is 0.381. The second-order valence-electron chi connectivity index (χ2n) is 4.47. The van der Waals surface area contributed by atoms with E-state index in [1.165, 1.54) is 18.2 Å². The third-order valence-electron chi connectivity index (χ3n) is 3.26. The quantitative estimate of drug-likeness (QED) is 0.740. The molecule has 1 amide bonds. The van der Waals surface area contributed by atoms with Crippen LogP contribution in [0.4, 0.5) is 15.8 Å². The maximum Gasteiger partial charge on any atom is 0.248 e. The maximum atomic E-state index is 13.2. The van der Waals surface area contributed by atoms with Crippen LogP contribution in [0.1, 0.15) is 0 Å². The van der Waals surface area contributed by atoms with E-state index >= 15 is 0 Å². The van der Waals surface area contributed by atoms with Gasteiger partial charge >= 0.3 is 0 Å². The molecule has 96 valence electrons. The van der Waals surface area contributed by atoms with E-state index < -0.39 is 21.7 Å². The van der Waals surface area contributed by atoms with Crippen LogP contribution in [0.5, 0.6) is 0 Å². The molecular formula is C11H11FN2O3S. The fourth-order valence-electron chi connectivity index (χ4n) is 2.38. The highest BCUT2D eigenvalue weighted by atomic mass is 32.2. The SMILES string of the molecule is O=C1Nc2ccc(F)cc2N2CCS(=O)(=O)CC12. The van der Waals surface area contributed by atoms with E-state index in [4.69, 9.17) is 0 Å². The summed E-state index contributed by atoms with van der Waals surface area (Å²) in [4.78, 5) is 13.5. The fraction of sp³-hybridized carbons (Fsp3) is 0.364. The van der Waals surface area contributed by atoms with Crippen molar-refractivity contribution < 1.29 is 17.6 Å². The first-order valence-corrected chi connectivity index (χ1v) is 7.36. The topological polar surface area (TPSA) is 66.5 Å². The molecule has 0 spiro atoms. The summed E-state index contributed by atoms with van der Waals surface area (Å²) in [5, 5.41) is 2.61. The number of fused-ring (bicyclic) bond motifs is 3. The number of sulfone groups is 1. The second-order valence-corrected chi connectivity index (χ2v) is 6.70. The number of amides is 1. The first-order valence-electron chi connectivity index (χ1n) is 5.54. The lowest BCUT2D eigenvalue weighted by molar-refractivity contribution is -0.117. The number of nitrogens with one attached hydrogen (secondary N) is 1. The molecule has 1 saturated heterocycles. The summed E-state index contributed by atoms with van der Waals surface area (Å²) in [6.07, 6.45) is 0. The van der Waals surface area contributed by atoms with Gasteiger partial charge in [-0.2, -0.15) is 0 Å². The van der Waals surface area contributed by atoms with Gasteiger partial charge in [-0.1, -0.05) is 0 Å². The van der Waals surface area contributed by atoms with Gasteiger partial charge in [0.15, 0.2) is 9.84 Å². The molecule has 7 heteroatoms. The summed E-state index contributed by atoms with van der Waals surface area (Å²) in [6, 6.07) is 3.32. The zero-order valence-corrected chi connectivity index (χ0v) is 10.2. The number of benzene rings is 1. The molecule has 0 aromatic heterocycles. The number of nitrogens with zero attached hydrogens (tertiary/aromatic N) is 1. The van der Waals surface area contributed by atoms with Crippen molar-refractivity contribution in [2.75, 3.05) is 28.3 Å². The molecule has 1 fully saturated rings. The molecule has 3 rings (SSSR count). The lowest BCUT2D eigenvalue weighted by Crippen LogP contribution is -2.56. The summed E-state index contributed by atoms with van der Waals surface area (Å²) in [7, 11) is -3.19. The molecule has 0 aliphatic carbocycles. The summed E-state index contributed by atoms with van der Waals surface area (Å²) in [5.41, 5.74) is 1.08. The van der Waals surface area contributed by atoms with E-state index in [0.29, 0.717) is 11.4 Å². The minimum Gasteiger partial charge on any atom is -0.356 e. The highest BCUT2D eigenvalue weighted by Crippen LogP contribution is 2.34. The Labute approximate surface area is 104 Å². The van der Waals surface area contributed by atoms with Gasteiger partial charge in [-0.15, -0.1) is 0 Å². The third-order valence-corrected chi connectivity index (χ3v) is 4.89. The number of halogens is 1. The van der Waals surface area contributed by atoms with Crippen LogP contribution in [0.3, 0.4) is 0 Å². The normalized spacial score (nSPS) is 25.1. The molecule has 1 aromatic rings. The summed E-state index contributed by atoms with van der Waals surface area (Å²) in [5.74, 6) is -0.976. The van der Waals surface area contributed by atoms with E-state index in [-0.39, 0.29) is 24.0 Å². The van der Waals surface area contributed by atoms with Gasteiger partial charge in [0, 0.05) is 6.54 Å². The van der Waals surface area contributed by atoms with E-state index in [0.717, 1.165) is 0 Å². The molecule has 18 heavy (non-hydrogen) atoms. The monoisotopic (exact) mass is 270 g/mol. The Hall–Kier alpha value is -1.63. The van der Waals surface area contributed by atoms with E-state index in [9.17, 15) is 17.6 Å². The highest BCUT2D eigenvalue weighted by molar-refractivity contribution is 7.91. The van der Waals surface area contributed by atoms with Crippen LogP contribution in [0.15, 0.2) is 18.2 Å². The third kappa shape index (κ3) is 1.74. The minimum absolute atomic E-state index is 0.00721. The Morgan fingerprint density at radius 2 is 2.17 bits per heavy atom. The van der Waals surface area contributed by atoms with E-state index in [2.05, 4.69) is 5.32 Å². The van der Waals surface area contributed by atoms with Crippen LogP contribution >= 0.6 is 0 Å². The van der Waals surface area contributed by atoms with Crippen LogP contribution in [0.25, 0.3) is 0 Å². The summed E-state index contributed by atoms with van der Waals surface area (Å²) < 4.78 is 36.3. The Balaban J connectivity index is 2.07. The Morgan fingerprint density at radius 1 is 1.39 bits per heavy atom. The van der Waals surface area contributed by atoms with Gasteiger partial charge in [0.25, 0.3) is 0 Å². The van der Waals surface area contributed by atoms with Crippen molar-refractivity contribution in [3.8, 4) is 0 Å². The number of carbonyl (C=O) groups excluding carboxylic acids is 1. The standard InChI is InChI=1S/C11H11FN2O3S/c12-7-1-2-8-9(5-7)14-3-4-18(16,17)6-10(14)11(15)13-8/h1-2,5,10H,3-4,6H2,(H,13,15). The number of hydrogen-bond donors (Lipinski definition) is 1. The van der Waals surface area contributed by atoms with Crippen LogP contribution in [-0.4, -0.2) is 38.4 Å². The van der Waals surface area contributed by atoms with Crippen molar-refractivity contribution in [1.29, 1.82) is 0 Å². The van der Waals surface area contributed by atoms with E-state index in [1.807, 2.05) is 0 Å². The Morgan fingerprint density at radius 3 is 2.94 bits per heavy atom. The summed E-state index contributed by atoms with van der Waals surface area (Å²) in [6.45, 7) is 0.219. The molecule has 0 bridgehead atoms. The summed E-state index contributed by atoms with van der Waals surface area (Å²) >= 11 is 0. The molecule has 0 saturated carbocycles. The molecule has 1 N–H and O–H groups in total. The number of carbonyl (C=O) groups is 1. The van der Waals surface area contributed by atoms with Crippen LogP contribution < -0.4 is 10.2 Å². The first kappa shape index (κ1) is 11.5. The first-order chi connectivity index (χ1) is 8.46. The van der Waals surface area contributed by atoms with Gasteiger partial charge in [0.1, 0.15) is 11.9 Å². The van der Waals surface area contributed by atoms with Crippen molar-refractivity contribution in [1.82, 2.24) is 0 Å². The molecule has 1 aromatic carbocycles. The minimum atomic E-state index is -3.19. The van der Waals surface area contributed by atoms with Crippen LogP contribution in [-0.2, 0) is 14.6 Å². The number of anilines is 2. The predicted molar refractivity (Wildman–Crippen MR) is 64.8 cm³/mol. The molecular weight excluding hydrogens is 259 g/mol. The molecule has 0 radical (unpaired) electrons. The lowest BCUT2D eigenvalue weighted by Gasteiger charge is -2.40. The van der Waals surface area contributed by atoms with Crippen molar-refractivity contribution in [3.63, 3.8) is 0 Å². The molecule has 1 unspecified atom stereocenters. The average Bonchev–Trinajstić information content (AvgIpc) is 2.29. The molecule has 2 aliphatic rings. The van der Waals surface area contributed by atoms with Crippen molar-refractivity contribution >= 4 is 27.1 Å². The number of rotatable bonds is 0. The van der Waals surface area contributed by atoms with E-state index in [1.54, 1.807) is 4.90 Å². The Bertz CT molecular complexity index is 629. The van der Waals surface area contributed by atoms with Crippen molar-refractivity contribution in [2.24, 2.45) is 0 Å². The lowest BCUT2D eigenvalue weighted by atomic mass is 10.1.